The molecule has 1 amide bonds. The molecule has 0 radical (unpaired) electrons. The first-order valence-corrected chi connectivity index (χ1v) is 10.6. The highest BCUT2D eigenvalue weighted by molar-refractivity contribution is 14.0. The van der Waals surface area contributed by atoms with E-state index < -0.39 is 0 Å². The van der Waals surface area contributed by atoms with Crippen molar-refractivity contribution in [2.75, 3.05) is 27.2 Å². The molecule has 3 N–H and O–H groups in total. The molecule has 0 bridgehead atoms. The Bertz CT molecular complexity index is 956. The highest BCUT2D eigenvalue weighted by Gasteiger charge is 2.14. The number of amides is 1. The maximum absolute atomic E-state index is 12.3. The second kappa shape index (κ2) is 14.2. The van der Waals surface area contributed by atoms with Gasteiger partial charge in [0.05, 0.1) is 13.7 Å². The van der Waals surface area contributed by atoms with Crippen LogP contribution >= 0.6 is 24.0 Å². The fraction of sp³-hybridized carbons (Fsp3) is 0.231. The first-order chi connectivity index (χ1) is 15.7. The van der Waals surface area contributed by atoms with Crippen LogP contribution in [0.15, 0.2) is 89.9 Å². The zero-order chi connectivity index (χ0) is 22.6. The van der Waals surface area contributed by atoms with Crippen LogP contribution in [0.3, 0.4) is 0 Å². The molecule has 0 aliphatic carbocycles. The molecule has 0 atom stereocenters. The van der Waals surface area contributed by atoms with E-state index in [4.69, 9.17) is 4.74 Å². The van der Waals surface area contributed by atoms with Gasteiger partial charge in [0.1, 0.15) is 5.75 Å². The number of rotatable bonds is 9. The number of aliphatic imine (C=N–C) groups is 1. The van der Waals surface area contributed by atoms with E-state index in [-0.39, 0.29) is 42.3 Å². The highest BCUT2D eigenvalue weighted by atomic mass is 127. The van der Waals surface area contributed by atoms with Crippen LogP contribution in [0.1, 0.15) is 22.6 Å². The fourth-order valence-electron chi connectivity index (χ4n) is 3.39. The smallest absolute Gasteiger partial charge is 0.239 e. The van der Waals surface area contributed by atoms with Crippen LogP contribution in [0.2, 0.25) is 0 Å². The summed E-state index contributed by atoms with van der Waals surface area (Å²) in [5, 5.41) is 9.35. The molecule has 33 heavy (non-hydrogen) atoms. The lowest BCUT2D eigenvalue weighted by Gasteiger charge is -2.20. The van der Waals surface area contributed by atoms with Gasteiger partial charge in [-0.25, -0.2) is 0 Å². The number of methoxy groups -OCH3 is 1. The van der Waals surface area contributed by atoms with Crippen LogP contribution in [0.4, 0.5) is 0 Å². The second-order valence-corrected chi connectivity index (χ2v) is 7.31. The third-order valence-corrected chi connectivity index (χ3v) is 5.17. The van der Waals surface area contributed by atoms with Crippen molar-refractivity contribution in [2.45, 2.75) is 12.5 Å². The Morgan fingerprint density at radius 2 is 1.42 bits per heavy atom. The summed E-state index contributed by atoms with van der Waals surface area (Å²) in [7, 11) is 3.33. The van der Waals surface area contributed by atoms with Crippen LogP contribution in [0, 0.1) is 0 Å². The monoisotopic (exact) mass is 558 g/mol. The number of nitrogens with one attached hydrogen (secondary N) is 3. The van der Waals surface area contributed by atoms with Gasteiger partial charge >= 0.3 is 0 Å². The Hall–Kier alpha value is -3.07. The largest absolute Gasteiger partial charge is 0.497 e. The number of ether oxygens (including phenoxy) is 1. The molecule has 0 aromatic heterocycles. The van der Waals surface area contributed by atoms with Crippen molar-refractivity contribution in [3.8, 4) is 5.75 Å². The quantitative estimate of drug-likeness (QED) is 0.212. The average molecular weight is 558 g/mol. The van der Waals surface area contributed by atoms with Crippen LogP contribution in [0.5, 0.6) is 5.75 Å². The van der Waals surface area contributed by atoms with Gasteiger partial charge < -0.3 is 20.7 Å². The number of carbonyl (C=O) groups is 1. The number of benzene rings is 3. The molecule has 3 aromatic carbocycles. The van der Waals surface area contributed by atoms with Crippen LogP contribution in [-0.4, -0.2) is 39.1 Å². The summed E-state index contributed by atoms with van der Waals surface area (Å²) in [6.45, 7) is 1.25. The summed E-state index contributed by atoms with van der Waals surface area (Å²) >= 11 is 0. The Kier molecular flexibility index (Phi) is 11.2. The summed E-state index contributed by atoms with van der Waals surface area (Å²) in [5.41, 5.74) is 3.45. The van der Waals surface area contributed by atoms with Gasteiger partial charge in [0.2, 0.25) is 5.91 Å². The number of hydrogen-bond donors (Lipinski definition) is 3. The lowest BCUT2D eigenvalue weighted by atomic mass is 9.91. The van der Waals surface area contributed by atoms with Crippen molar-refractivity contribution in [3.63, 3.8) is 0 Å². The van der Waals surface area contributed by atoms with E-state index in [2.05, 4.69) is 45.2 Å². The van der Waals surface area contributed by atoms with Crippen molar-refractivity contribution >= 4 is 35.8 Å². The Balaban J connectivity index is 0.00000385. The summed E-state index contributed by atoms with van der Waals surface area (Å²) in [6.07, 6.45) is 0. The van der Waals surface area contributed by atoms with Gasteiger partial charge in [-0.05, 0) is 28.8 Å². The molecule has 7 heteroatoms. The van der Waals surface area contributed by atoms with Gasteiger partial charge in [0, 0.05) is 26.1 Å². The molecular formula is C26H31IN4O2. The molecule has 0 heterocycles. The molecule has 0 spiro atoms. The van der Waals surface area contributed by atoms with Crippen molar-refractivity contribution in [1.29, 1.82) is 0 Å². The molecule has 3 aromatic rings. The summed E-state index contributed by atoms with van der Waals surface area (Å²) in [6, 6.07) is 28.3. The van der Waals surface area contributed by atoms with Crippen LogP contribution in [-0.2, 0) is 11.3 Å². The summed E-state index contributed by atoms with van der Waals surface area (Å²) < 4.78 is 5.15. The molecule has 0 aliphatic rings. The Morgan fingerprint density at radius 1 is 0.848 bits per heavy atom. The molecule has 0 saturated heterocycles. The zero-order valence-corrected chi connectivity index (χ0v) is 21.3. The number of carbonyl (C=O) groups excluding carboxylic acids is 1. The predicted octanol–water partition coefficient (Wildman–Crippen LogP) is 3.93. The fourth-order valence-corrected chi connectivity index (χ4v) is 3.39. The van der Waals surface area contributed by atoms with Gasteiger partial charge in [-0.2, -0.15) is 0 Å². The van der Waals surface area contributed by atoms with Crippen molar-refractivity contribution in [3.05, 3.63) is 102 Å². The van der Waals surface area contributed by atoms with E-state index in [0.717, 1.165) is 11.3 Å². The topological polar surface area (TPSA) is 74.8 Å². The number of nitrogens with zero attached hydrogens (tertiary/aromatic N) is 1. The van der Waals surface area contributed by atoms with Crippen LogP contribution in [0.25, 0.3) is 0 Å². The molecule has 0 saturated carbocycles. The van der Waals surface area contributed by atoms with Gasteiger partial charge in [-0.1, -0.05) is 72.8 Å². The van der Waals surface area contributed by atoms with Gasteiger partial charge in [-0.15, -0.1) is 24.0 Å². The van der Waals surface area contributed by atoms with Crippen LogP contribution < -0.4 is 20.7 Å². The predicted molar refractivity (Wildman–Crippen MR) is 144 cm³/mol. The van der Waals surface area contributed by atoms with Crippen molar-refractivity contribution in [1.82, 2.24) is 16.0 Å². The first-order valence-electron chi connectivity index (χ1n) is 10.6. The van der Waals surface area contributed by atoms with E-state index in [1.165, 1.54) is 11.1 Å². The number of hydrogen-bond acceptors (Lipinski definition) is 3. The lowest BCUT2D eigenvalue weighted by molar-refractivity contribution is -0.120. The van der Waals surface area contributed by atoms with E-state index in [0.29, 0.717) is 19.0 Å². The van der Waals surface area contributed by atoms with E-state index >= 15 is 0 Å². The van der Waals surface area contributed by atoms with E-state index in [1.807, 2.05) is 60.7 Å². The molecule has 0 unspecified atom stereocenters. The Morgan fingerprint density at radius 3 is 1.94 bits per heavy atom. The molecular weight excluding hydrogens is 527 g/mol. The minimum Gasteiger partial charge on any atom is -0.497 e. The van der Waals surface area contributed by atoms with Crippen molar-refractivity contribution in [2.24, 2.45) is 4.99 Å². The summed E-state index contributed by atoms with van der Waals surface area (Å²) in [5.74, 6) is 1.44. The van der Waals surface area contributed by atoms with Gasteiger partial charge in [0.25, 0.3) is 0 Å². The third kappa shape index (κ3) is 8.42. The standard InChI is InChI=1S/C26H30N4O2.HI/c1-27-26(30-19-25(31)28-17-20-13-15-23(32-2)16-14-20)29-18-24(21-9-5-3-6-10-21)22-11-7-4-8-12-22;/h3-16,24H,17-19H2,1-2H3,(H,28,31)(H2,27,29,30);1H. The number of guanidine groups is 1. The Labute approximate surface area is 212 Å². The maximum Gasteiger partial charge on any atom is 0.239 e. The first kappa shape index (κ1) is 26.2. The molecule has 6 nitrogen and oxygen atoms in total. The van der Waals surface area contributed by atoms with Crippen molar-refractivity contribution < 1.29 is 9.53 Å². The summed E-state index contributed by atoms with van der Waals surface area (Å²) in [4.78, 5) is 16.5. The molecule has 0 aliphatic heterocycles. The molecule has 0 fully saturated rings. The van der Waals surface area contributed by atoms with E-state index in [1.54, 1.807) is 14.2 Å². The van der Waals surface area contributed by atoms with Gasteiger partial charge in [-0.3, -0.25) is 9.79 Å². The lowest BCUT2D eigenvalue weighted by Crippen LogP contribution is -2.44. The molecule has 174 valence electrons. The average Bonchev–Trinajstić information content (AvgIpc) is 2.86. The zero-order valence-electron chi connectivity index (χ0n) is 19.0. The second-order valence-electron chi connectivity index (χ2n) is 7.31. The normalized spacial score (nSPS) is 10.8. The minimum absolute atomic E-state index is 0. The number of halogens is 1. The molecule has 3 rings (SSSR count). The highest BCUT2D eigenvalue weighted by Crippen LogP contribution is 2.23. The minimum atomic E-state index is -0.105. The SMILES string of the molecule is CN=C(NCC(=O)NCc1ccc(OC)cc1)NCC(c1ccccc1)c1ccccc1.I. The van der Waals surface area contributed by atoms with Gasteiger partial charge in [0.15, 0.2) is 5.96 Å². The maximum atomic E-state index is 12.3. The third-order valence-electron chi connectivity index (χ3n) is 5.17. The van der Waals surface area contributed by atoms with E-state index in [9.17, 15) is 4.79 Å².